The molecule has 0 spiro atoms. The number of rotatable bonds is 5. The summed E-state index contributed by atoms with van der Waals surface area (Å²) in [5.41, 5.74) is 2.30. The molecule has 152 valence electrons. The lowest BCUT2D eigenvalue weighted by molar-refractivity contribution is 0.100. The molecule has 1 saturated carbocycles. The minimum absolute atomic E-state index is 0. The van der Waals surface area contributed by atoms with E-state index in [1.54, 1.807) is 0 Å². The lowest BCUT2D eigenvalue weighted by Crippen LogP contribution is -2.43. The van der Waals surface area contributed by atoms with Gasteiger partial charge in [0.15, 0.2) is 0 Å². The van der Waals surface area contributed by atoms with E-state index < -0.39 is 0 Å². The molecular weight excluding hydrogens is 384 g/mol. The number of ether oxygens (including phenoxy) is 1. The van der Waals surface area contributed by atoms with E-state index in [1.807, 2.05) is 24.4 Å². The standard InChI is InChI=1S/C23H26N4O.ClH/c1-2-6-21-17(4-1)7-8-22(27-21)26-18-14-19(15-18)28-23-20(5-3-11-25-23)16-9-12-24-13-10-16;/h1-8,11,16,18-19,24H,9-10,12-15H2,(H,26,27);1H. The summed E-state index contributed by atoms with van der Waals surface area (Å²) in [6, 6.07) is 17.0. The number of nitrogens with one attached hydrogen (secondary N) is 2. The number of hydrogen-bond acceptors (Lipinski definition) is 5. The van der Waals surface area contributed by atoms with Crippen LogP contribution in [0.15, 0.2) is 54.7 Å². The van der Waals surface area contributed by atoms with Crippen LogP contribution in [0.2, 0.25) is 0 Å². The first-order chi connectivity index (χ1) is 13.8. The highest BCUT2D eigenvalue weighted by Gasteiger charge is 2.32. The minimum Gasteiger partial charge on any atom is -0.474 e. The van der Waals surface area contributed by atoms with Gasteiger partial charge in [-0.2, -0.15) is 0 Å². The summed E-state index contributed by atoms with van der Waals surface area (Å²) in [6.07, 6.45) is 6.35. The summed E-state index contributed by atoms with van der Waals surface area (Å²) in [7, 11) is 0. The van der Waals surface area contributed by atoms with Gasteiger partial charge in [0.2, 0.25) is 5.88 Å². The van der Waals surface area contributed by atoms with Gasteiger partial charge in [-0.15, -0.1) is 12.4 Å². The van der Waals surface area contributed by atoms with Crippen molar-refractivity contribution in [2.75, 3.05) is 18.4 Å². The Balaban J connectivity index is 0.00000205. The summed E-state index contributed by atoms with van der Waals surface area (Å²) in [6.45, 7) is 2.15. The molecular formula is C23H27ClN4O. The molecule has 1 saturated heterocycles. The van der Waals surface area contributed by atoms with Gasteiger partial charge in [-0.3, -0.25) is 0 Å². The lowest BCUT2D eigenvalue weighted by Gasteiger charge is -2.36. The maximum absolute atomic E-state index is 6.28. The van der Waals surface area contributed by atoms with E-state index in [1.165, 1.54) is 10.9 Å². The molecule has 1 aliphatic heterocycles. The fourth-order valence-corrected chi connectivity index (χ4v) is 4.24. The lowest BCUT2D eigenvalue weighted by atomic mass is 9.88. The maximum atomic E-state index is 6.28. The quantitative estimate of drug-likeness (QED) is 0.646. The third-order valence-electron chi connectivity index (χ3n) is 5.90. The number of pyridine rings is 2. The predicted molar refractivity (Wildman–Crippen MR) is 119 cm³/mol. The van der Waals surface area contributed by atoms with Crippen LogP contribution in [0.5, 0.6) is 5.88 Å². The van der Waals surface area contributed by atoms with E-state index >= 15 is 0 Å². The molecule has 3 aromatic rings. The molecule has 29 heavy (non-hydrogen) atoms. The molecule has 5 nitrogen and oxygen atoms in total. The van der Waals surface area contributed by atoms with E-state index in [0.717, 1.165) is 56.0 Å². The number of benzene rings is 1. The number of halogens is 1. The zero-order chi connectivity index (χ0) is 18.8. The Morgan fingerprint density at radius 1 is 0.966 bits per heavy atom. The first-order valence-corrected chi connectivity index (χ1v) is 10.3. The van der Waals surface area contributed by atoms with E-state index in [-0.39, 0.29) is 18.5 Å². The zero-order valence-corrected chi connectivity index (χ0v) is 17.2. The molecule has 0 amide bonds. The normalized spacial score (nSPS) is 21.8. The van der Waals surface area contributed by atoms with Gasteiger partial charge >= 0.3 is 0 Å². The molecule has 0 atom stereocenters. The van der Waals surface area contributed by atoms with Crippen LogP contribution in [0, 0.1) is 0 Å². The van der Waals surface area contributed by atoms with Gasteiger partial charge in [-0.25, -0.2) is 9.97 Å². The van der Waals surface area contributed by atoms with Crippen LogP contribution in [-0.2, 0) is 0 Å². The van der Waals surface area contributed by atoms with Crippen LogP contribution >= 0.6 is 12.4 Å². The fraction of sp³-hybridized carbons (Fsp3) is 0.391. The van der Waals surface area contributed by atoms with Crippen molar-refractivity contribution in [1.29, 1.82) is 0 Å². The van der Waals surface area contributed by atoms with Gasteiger partial charge < -0.3 is 15.4 Å². The van der Waals surface area contributed by atoms with Crippen LogP contribution in [0.4, 0.5) is 5.82 Å². The van der Waals surface area contributed by atoms with Crippen molar-refractivity contribution in [1.82, 2.24) is 15.3 Å². The van der Waals surface area contributed by atoms with Crippen molar-refractivity contribution < 1.29 is 4.74 Å². The molecule has 0 bridgehead atoms. The predicted octanol–water partition coefficient (Wildman–Crippen LogP) is 4.54. The number of para-hydroxylation sites is 1. The zero-order valence-electron chi connectivity index (χ0n) is 16.4. The Morgan fingerprint density at radius 3 is 2.66 bits per heavy atom. The molecule has 2 aromatic heterocycles. The second kappa shape index (κ2) is 8.97. The third kappa shape index (κ3) is 4.46. The summed E-state index contributed by atoms with van der Waals surface area (Å²) >= 11 is 0. The summed E-state index contributed by atoms with van der Waals surface area (Å²) in [5.74, 6) is 2.33. The Hall–Kier alpha value is -2.37. The van der Waals surface area contributed by atoms with Gasteiger partial charge in [0, 0.05) is 36.0 Å². The number of piperidine rings is 1. The van der Waals surface area contributed by atoms with E-state index in [9.17, 15) is 0 Å². The Labute approximate surface area is 177 Å². The molecule has 3 heterocycles. The molecule has 0 unspecified atom stereocenters. The van der Waals surface area contributed by atoms with Crippen molar-refractivity contribution >= 4 is 29.1 Å². The summed E-state index contributed by atoms with van der Waals surface area (Å²) < 4.78 is 6.28. The Morgan fingerprint density at radius 2 is 1.79 bits per heavy atom. The van der Waals surface area contributed by atoms with Gasteiger partial charge in [-0.1, -0.05) is 24.3 Å². The number of hydrogen-bond donors (Lipinski definition) is 2. The van der Waals surface area contributed by atoms with Crippen LogP contribution in [-0.4, -0.2) is 35.2 Å². The molecule has 5 rings (SSSR count). The number of fused-ring (bicyclic) bond motifs is 1. The first kappa shape index (κ1) is 19.9. The monoisotopic (exact) mass is 410 g/mol. The maximum Gasteiger partial charge on any atom is 0.217 e. The molecule has 2 aliphatic rings. The SMILES string of the molecule is Cl.c1cnc(OC2CC(Nc3ccc4ccccc4n3)C2)c(C2CCNCC2)c1. The van der Waals surface area contributed by atoms with Crippen molar-refractivity contribution in [2.24, 2.45) is 0 Å². The van der Waals surface area contributed by atoms with Crippen molar-refractivity contribution in [3.8, 4) is 5.88 Å². The van der Waals surface area contributed by atoms with Crippen LogP contribution < -0.4 is 15.4 Å². The molecule has 1 aromatic carbocycles. The highest BCUT2D eigenvalue weighted by atomic mass is 35.5. The van der Waals surface area contributed by atoms with Gasteiger partial charge in [0.05, 0.1) is 5.52 Å². The second-order valence-corrected chi connectivity index (χ2v) is 7.86. The topological polar surface area (TPSA) is 59.1 Å². The van der Waals surface area contributed by atoms with E-state index in [0.29, 0.717) is 12.0 Å². The molecule has 2 N–H and O–H groups in total. The summed E-state index contributed by atoms with van der Waals surface area (Å²) in [5, 5.41) is 8.15. The fourth-order valence-electron chi connectivity index (χ4n) is 4.24. The average Bonchev–Trinajstić information content (AvgIpc) is 2.73. The van der Waals surface area contributed by atoms with E-state index in [4.69, 9.17) is 9.72 Å². The Bertz CT molecular complexity index is 954. The average molecular weight is 411 g/mol. The highest BCUT2D eigenvalue weighted by Crippen LogP contribution is 2.34. The largest absolute Gasteiger partial charge is 0.474 e. The van der Waals surface area contributed by atoms with Crippen molar-refractivity contribution in [3.63, 3.8) is 0 Å². The number of nitrogens with zero attached hydrogens (tertiary/aromatic N) is 2. The van der Waals surface area contributed by atoms with Crippen LogP contribution in [0.25, 0.3) is 10.9 Å². The molecule has 6 heteroatoms. The van der Waals surface area contributed by atoms with E-state index in [2.05, 4.69) is 45.9 Å². The van der Waals surface area contributed by atoms with Crippen molar-refractivity contribution in [3.05, 3.63) is 60.3 Å². The van der Waals surface area contributed by atoms with Gasteiger partial charge in [0.25, 0.3) is 0 Å². The van der Waals surface area contributed by atoms with Gasteiger partial charge in [0.1, 0.15) is 11.9 Å². The molecule has 1 aliphatic carbocycles. The Kier molecular flexibility index (Phi) is 6.16. The van der Waals surface area contributed by atoms with Gasteiger partial charge in [-0.05, 0) is 56.1 Å². The van der Waals surface area contributed by atoms with Crippen LogP contribution in [0.3, 0.4) is 0 Å². The van der Waals surface area contributed by atoms with Crippen molar-refractivity contribution in [2.45, 2.75) is 43.7 Å². The first-order valence-electron chi connectivity index (χ1n) is 10.3. The van der Waals surface area contributed by atoms with Crippen LogP contribution in [0.1, 0.15) is 37.2 Å². The molecule has 0 radical (unpaired) electrons. The number of aromatic nitrogens is 2. The third-order valence-corrected chi connectivity index (χ3v) is 5.90. The highest BCUT2D eigenvalue weighted by molar-refractivity contribution is 5.85. The summed E-state index contributed by atoms with van der Waals surface area (Å²) in [4.78, 5) is 9.25. The smallest absolute Gasteiger partial charge is 0.217 e. The second-order valence-electron chi connectivity index (χ2n) is 7.86. The minimum atomic E-state index is 0. The molecule has 2 fully saturated rings. The number of anilines is 1.